The zero-order chi connectivity index (χ0) is 15.4. The average molecular weight is 283 g/mol. The van der Waals surface area contributed by atoms with Crippen molar-refractivity contribution < 1.29 is 4.79 Å². The van der Waals surface area contributed by atoms with Crippen LogP contribution in [0.3, 0.4) is 0 Å². The second-order valence-corrected chi connectivity index (χ2v) is 5.06. The SMILES string of the molecule is CCNc1cc(C(=O)N(C)c2ccccc2C)cc(C)n1. The van der Waals surface area contributed by atoms with Crippen LogP contribution in [0.5, 0.6) is 0 Å². The van der Waals surface area contributed by atoms with Crippen molar-refractivity contribution >= 4 is 17.4 Å². The van der Waals surface area contributed by atoms with Crippen LogP contribution in [0, 0.1) is 13.8 Å². The van der Waals surface area contributed by atoms with Crippen LogP contribution >= 0.6 is 0 Å². The first-order valence-corrected chi connectivity index (χ1v) is 7.09. The van der Waals surface area contributed by atoms with Gasteiger partial charge >= 0.3 is 0 Å². The van der Waals surface area contributed by atoms with Gasteiger partial charge < -0.3 is 10.2 Å². The summed E-state index contributed by atoms with van der Waals surface area (Å²) in [5.74, 6) is 0.702. The van der Waals surface area contributed by atoms with E-state index in [9.17, 15) is 4.79 Å². The third-order valence-electron chi connectivity index (χ3n) is 3.34. The van der Waals surface area contributed by atoms with E-state index in [0.29, 0.717) is 5.56 Å². The lowest BCUT2D eigenvalue weighted by atomic mass is 10.1. The van der Waals surface area contributed by atoms with Crippen molar-refractivity contribution in [2.45, 2.75) is 20.8 Å². The highest BCUT2D eigenvalue weighted by molar-refractivity contribution is 6.06. The normalized spacial score (nSPS) is 10.3. The number of carbonyl (C=O) groups excluding carboxylic acids is 1. The van der Waals surface area contributed by atoms with Crippen LogP contribution in [0.1, 0.15) is 28.5 Å². The number of para-hydroxylation sites is 1. The van der Waals surface area contributed by atoms with E-state index < -0.39 is 0 Å². The molecule has 110 valence electrons. The standard InChI is InChI=1S/C17H21N3O/c1-5-18-16-11-14(10-13(3)19-16)17(21)20(4)15-9-7-6-8-12(15)2/h6-11H,5H2,1-4H3,(H,18,19). The van der Waals surface area contributed by atoms with Gasteiger partial charge in [0, 0.05) is 30.5 Å². The fraction of sp³-hybridized carbons (Fsp3) is 0.294. The van der Waals surface area contributed by atoms with Crippen molar-refractivity contribution in [2.24, 2.45) is 0 Å². The highest BCUT2D eigenvalue weighted by atomic mass is 16.2. The number of aromatic nitrogens is 1. The largest absolute Gasteiger partial charge is 0.370 e. The molecule has 0 aliphatic carbocycles. The van der Waals surface area contributed by atoms with Crippen LogP contribution in [0.25, 0.3) is 0 Å². The minimum atomic E-state index is -0.0334. The lowest BCUT2D eigenvalue weighted by molar-refractivity contribution is 0.0992. The Hall–Kier alpha value is -2.36. The Labute approximate surface area is 125 Å². The van der Waals surface area contributed by atoms with Gasteiger partial charge in [0.15, 0.2) is 0 Å². The number of amides is 1. The third kappa shape index (κ3) is 3.40. The maximum atomic E-state index is 12.7. The van der Waals surface area contributed by atoms with Crippen molar-refractivity contribution in [1.82, 2.24) is 4.98 Å². The predicted molar refractivity (Wildman–Crippen MR) is 87.1 cm³/mol. The first-order chi connectivity index (χ1) is 10.0. The Bertz CT molecular complexity index is 652. The molecule has 1 amide bonds. The van der Waals surface area contributed by atoms with E-state index in [1.807, 2.05) is 51.1 Å². The predicted octanol–water partition coefficient (Wildman–Crippen LogP) is 3.41. The zero-order valence-electron chi connectivity index (χ0n) is 13.0. The van der Waals surface area contributed by atoms with Gasteiger partial charge in [-0.05, 0) is 44.5 Å². The molecule has 4 nitrogen and oxygen atoms in total. The molecule has 0 aliphatic rings. The van der Waals surface area contributed by atoms with E-state index in [1.54, 1.807) is 18.0 Å². The Morgan fingerprint density at radius 3 is 2.62 bits per heavy atom. The number of nitrogens with one attached hydrogen (secondary N) is 1. The van der Waals surface area contributed by atoms with Crippen molar-refractivity contribution in [3.05, 3.63) is 53.2 Å². The second kappa shape index (κ2) is 6.39. The lowest BCUT2D eigenvalue weighted by Crippen LogP contribution is -2.27. The first kappa shape index (κ1) is 15.0. The molecule has 1 aromatic heterocycles. The summed E-state index contributed by atoms with van der Waals surface area (Å²) >= 11 is 0. The number of aryl methyl sites for hydroxylation is 2. The van der Waals surface area contributed by atoms with Gasteiger partial charge in [-0.1, -0.05) is 18.2 Å². The average Bonchev–Trinajstić information content (AvgIpc) is 2.46. The summed E-state index contributed by atoms with van der Waals surface area (Å²) in [6, 6.07) is 11.5. The molecular formula is C17H21N3O. The molecule has 0 aliphatic heterocycles. The Kier molecular flexibility index (Phi) is 4.58. The zero-order valence-corrected chi connectivity index (χ0v) is 13.0. The quantitative estimate of drug-likeness (QED) is 0.935. The highest BCUT2D eigenvalue weighted by Gasteiger charge is 2.16. The van der Waals surface area contributed by atoms with Gasteiger partial charge in [0.2, 0.25) is 0 Å². The summed E-state index contributed by atoms with van der Waals surface area (Å²) in [5, 5.41) is 3.15. The maximum absolute atomic E-state index is 12.7. The molecule has 2 rings (SSSR count). The Morgan fingerprint density at radius 2 is 1.95 bits per heavy atom. The minimum Gasteiger partial charge on any atom is -0.370 e. The van der Waals surface area contributed by atoms with E-state index in [0.717, 1.165) is 29.3 Å². The molecule has 1 heterocycles. The third-order valence-corrected chi connectivity index (χ3v) is 3.34. The van der Waals surface area contributed by atoms with E-state index in [-0.39, 0.29) is 5.91 Å². The molecule has 0 bridgehead atoms. The van der Waals surface area contributed by atoms with Gasteiger partial charge in [-0.2, -0.15) is 0 Å². The summed E-state index contributed by atoms with van der Waals surface area (Å²) in [4.78, 5) is 18.7. The summed E-state index contributed by atoms with van der Waals surface area (Å²) in [5.41, 5.74) is 3.46. The van der Waals surface area contributed by atoms with Crippen LogP contribution in [-0.4, -0.2) is 24.5 Å². The number of benzene rings is 1. The number of pyridine rings is 1. The van der Waals surface area contributed by atoms with Gasteiger partial charge in [0.1, 0.15) is 5.82 Å². The summed E-state index contributed by atoms with van der Waals surface area (Å²) in [7, 11) is 1.80. The molecule has 2 aromatic rings. The fourth-order valence-corrected chi connectivity index (χ4v) is 2.31. The molecule has 1 aromatic carbocycles. The van der Waals surface area contributed by atoms with Crippen LogP contribution in [0.4, 0.5) is 11.5 Å². The van der Waals surface area contributed by atoms with Gasteiger partial charge in [-0.3, -0.25) is 4.79 Å². The number of hydrogen-bond acceptors (Lipinski definition) is 3. The number of hydrogen-bond donors (Lipinski definition) is 1. The number of nitrogens with zero attached hydrogens (tertiary/aromatic N) is 2. The molecule has 0 spiro atoms. The van der Waals surface area contributed by atoms with Crippen molar-refractivity contribution in [1.29, 1.82) is 0 Å². The van der Waals surface area contributed by atoms with Crippen molar-refractivity contribution in [2.75, 3.05) is 23.8 Å². The van der Waals surface area contributed by atoms with E-state index in [4.69, 9.17) is 0 Å². The molecule has 0 saturated carbocycles. The molecule has 1 N–H and O–H groups in total. The molecule has 0 unspecified atom stereocenters. The lowest BCUT2D eigenvalue weighted by Gasteiger charge is -2.20. The first-order valence-electron chi connectivity index (χ1n) is 7.09. The summed E-state index contributed by atoms with van der Waals surface area (Å²) < 4.78 is 0. The second-order valence-electron chi connectivity index (χ2n) is 5.06. The van der Waals surface area contributed by atoms with Crippen LogP contribution < -0.4 is 10.2 Å². The number of anilines is 2. The molecule has 4 heteroatoms. The van der Waals surface area contributed by atoms with E-state index in [1.165, 1.54) is 0 Å². The van der Waals surface area contributed by atoms with E-state index in [2.05, 4.69) is 10.3 Å². The van der Waals surface area contributed by atoms with Crippen molar-refractivity contribution in [3.8, 4) is 0 Å². The number of rotatable bonds is 4. The smallest absolute Gasteiger partial charge is 0.258 e. The monoisotopic (exact) mass is 283 g/mol. The maximum Gasteiger partial charge on any atom is 0.258 e. The Balaban J connectivity index is 2.33. The topological polar surface area (TPSA) is 45.2 Å². The molecule has 0 radical (unpaired) electrons. The fourth-order valence-electron chi connectivity index (χ4n) is 2.31. The summed E-state index contributed by atoms with van der Waals surface area (Å²) in [6.07, 6.45) is 0. The van der Waals surface area contributed by atoms with Gasteiger partial charge in [0.05, 0.1) is 0 Å². The number of carbonyl (C=O) groups is 1. The van der Waals surface area contributed by atoms with Gasteiger partial charge in [0.25, 0.3) is 5.91 Å². The van der Waals surface area contributed by atoms with Gasteiger partial charge in [-0.25, -0.2) is 4.98 Å². The molecule has 21 heavy (non-hydrogen) atoms. The summed E-state index contributed by atoms with van der Waals surface area (Å²) in [6.45, 7) is 6.68. The van der Waals surface area contributed by atoms with Crippen LogP contribution in [-0.2, 0) is 0 Å². The Morgan fingerprint density at radius 1 is 1.24 bits per heavy atom. The van der Waals surface area contributed by atoms with Crippen LogP contribution in [0.2, 0.25) is 0 Å². The minimum absolute atomic E-state index is 0.0334. The molecule has 0 saturated heterocycles. The van der Waals surface area contributed by atoms with Crippen molar-refractivity contribution in [3.63, 3.8) is 0 Å². The highest BCUT2D eigenvalue weighted by Crippen LogP contribution is 2.21. The van der Waals surface area contributed by atoms with E-state index >= 15 is 0 Å². The molecule has 0 fully saturated rings. The molecule has 0 atom stereocenters. The van der Waals surface area contributed by atoms with Crippen LogP contribution in [0.15, 0.2) is 36.4 Å². The van der Waals surface area contributed by atoms with Gasteiger partial charge in [-0.15, -0.1) is 0 Å². The molecular weight excluding hydrogens is 262 g/mol.